The maximum Gasteiger partial charge on any atom is 0.326 e. The van der Waals surface area contributed by atoms with Crippen LogP contribution in [0.2, 0.25) is 0 Å². The van der Waals surface area contributed by atoms with Crippen molar-refractivity contribution in [3.8, 4) is 0 Å². The molecule has 9 nitrogen and oxygen atoms in total. The minimum atomic E-state index is -1.16. The number of benzene rings is 1. The second-order valence-corrected chi connectivity index (χ2v) is 6.05. The van der Waals surface area contributed by atoms with Crippen molar-refractivity contribution in [2.75, 3.05) is 6.54 Å². The number of nitrogens with zero attached hydrogens (tertiary/aromatic N) is 1. The summed E-state index contributed by atoms with van der Waals surface area (Å²) < 4.78 is 0. The fraction of sp³-hybridized carbons (Fsp3) is 0.438. The van der Waals surface area contributed by atoms with E-state index in [4.69, 9.17) is 5.11 Å². The van der Waals surface area contributed by atoms with Crippen molar-refractivity contribution in [3.05, 3.63) is 39.4 Å². The molecule has 0 unspecified atom stereocenters. The van der Waals surface area contributed by atoms with Crippen molar-refractivity contribution >= 4 is 23.5 Å². The quantitative estimate of drug-likeness (QED) is 0.476. The lowest BCUT2D eigenvalue weighted by molar-refractivity contribution is -0.385. The largest absolute Gasteiger partial charge is 0.480 e. The van der Waals surface area contributed by atoms with Gasteiger partial charge in [0.2, 0.25) is 5.91 Å². The summed E-state index contributed by atoms with van der Waals surface area (Å²) in [6.45, 7) is 4.84. The van der Waals surface area contributed by atoms with E-state index in [0.29, 0.717) is 5.56 Å². The van der Waals surface area contributed by atoms with Crippen molar-refractivity contribution < 1.29 is 24.4 Å². The van der Waals surface area contributed by atoms with Gasteiger partial charge < -0.3 is 15.7 Å². The number of hydrogen-bond donors (Lipinski definition) is 3. The highest BCUT2D eigenvalue weighted by Gasteiger charge is 2.23. The number of aliphatic carboxylic acids is 1. The SMILES string of the molecule is Cc1ccc([N+](=O)[O-])c(C(=O)NCC(=O)N[C@@H](CC(C)C)C(=O)O)c1. The number of nitro benzene ring substituents is 1. The first-order chi connectivity index (χ1) is 11.6. The molecule has 0 aliphatic rings. The molecule has 0 saturated heterocycles. The van der Waals surface area contributed by atoms with E-state index < -0.39 is 35.3 Å². The van der Waals surface area contributed by atoms with Crippen molar-refractivity contribution in [2.45, 2.75) is 33.2 Å². The smallest absolute Gasteiger partial charge is 0.326 e. The molecule has 0 aromatic heterocycles. The van der Waals surface area contributed by atoms with Crippen LogP contribution >= 0.6 is 0 Å². The van der Waals surface area contributed by atoms with Crippen LogP contribution in [0.15, 0.2) is 18.2 Å². The third-order valence-corrected chi connectivity index (χ3v) is 3.34. The van der Waals surface area contributed by atoms with Gasteiger partial charge in [0.1, 0.15) is 11.6 Å². The van der Waals surface area contributed by atoms with Crippen LogP contribution in [-0.4, -0.2) is 40.4 Å². The lowest BCUT2D eigenvalue weighted by Crippen LogP contribution is -2.46. The second-order valence-electron chi connectivity index (χ2n) is 6.05. The fourth-order valence-electron chi connectivity index (χ4n) is 2.18. The molecular weight excluding hydrogens is 330 g/mol. The molecule has 0 bridgehead atoms. The molecule has 25 heavy (non-hydrogen) atoms. The van der Waals surface area contributed by atoms with Gasteiger partial charge in [-0.25, -0.2) is 4.79 Å². The summed E-state index contributed by atoms with van der Waals surface area (Å²) in [5.41, 5.74) is 0.129. The Balaban J connectivity index is 2.73. The van der Waals surface area contributed by atoms with Crippen molar-refractivity contribution in [2.24, 2.45) is 5.92 Å². The first-order valence-electron chi connectivity index (χ1n) is 7.67. The summed E-state index contributed by atoms with van der Waals surface area (Å²) in [5.74, 6) is -2.56. The molecule has 0 radical (unpaired) electrons. The maximum atomic E-state index is 12.1. The average Bonchev–Trinajstić information content (AvgIpc) is 2.51. The number of nitro groups is 1. The third-order valence-electron chi connectivity index (χ3n) is 3.34. The van der Waals surface area contributed by atoms with E-state index in [1.165, 1.54) is 18.2 Å². The van der Waals surface area contributed by atoms with Gasteiger partial charge in [-0.2, -0.15) is 0 Å². The topological polar surface area (TPSA) is 139 Å². The van der Waals surface area contributed by atoms with E-state index in [1.807, 2.05) is 13.8 Å². The molecule has 1 aromatic carbocycles. The molecule has 1 rings (SSSR count). The number of carbonyl (C=O) groups excluding carboxylic acids is 2. The van der Waals surface area contributed by atoms with Crippen molar-refractivity contribution in [1.29, 1.82) is 0 Å². The molecule has 0 spiro atoms. The lowest BCUT2D eigenvalue weighted by atomic mass is 10.0. The zero-order valence-corrected chi connectivity index (χ0v) is 14.2. The first-order valence-corrected chi connectivity index (χ1v) is 7.67. The van der Waals surface area contributed by atoms with Crippen LogP contribution in [0.1, 0.15) is 36.2 Å². The van der Waals surface area contributed by atoms with Gasteiger partial charge in [0.15, 0.2) is 0 Å². The molecule has 0 heterocycles. The Morgan fingerprint density at radius 1 is 1.28 bits per heavy atom. The Kier molecular flexibility index (Phi) is 7.04. The summed E-state index contributed by atoms with van der Waals surface area (Å²) >= 11 is 0. The number of nitrogens with one attached hydrogen (secondary N) is 2. The number of rotatable bonds is 8. The second kappa shape index (κ2) is 8.76. The molecule has 0 aliphatic carbocycles. The maximum absolute atomic E-state index is 12.1. The van der Waals surface area contributed by atoms with Crippen LogP contribution in [0.4, 0.5) is 5.69 Å². The van der Waals surface area contributed by atoms with Gasteiger partial charge in [0, 0.05) is 6.07 Å². The molecule has 0 fully saturated rings. The first kappa shape index (κ1) is 20.1. The summed E-state index contributed by atoms with van der Waals surface area (Å²) in [6.07, 6.45) is 0.248. The Labute approximate surface area is 144 Å². The van der Waals surface area contributed by atoms with Gasteiger partial charge in [0.25, 0.3) is 11.6 Å². The molecule has 0 saturated carbocycles. The minimum Gasteiger partial charge on any atom is -0.480 e. The van der Waals surface area contributed by atoms with Crippen LogP contribution in [-0.2, 0) is 9.59 Å². The predicted octanol–water partition coefficient (Wildman–Crippen LogP) is 1.25. The highest BCUT2D eigenvalue weighted by molar-refractivity contribution is 6.00. The summed E-state index contributed by atoms with van der Waals surface area (Å²) in [7, 11) is 0. The highest BCUT2D eigenvalue weighted by Crippen LogP contribution is 2.19. The van der Waals surface area contributed by atoms with Crippen LogP contribution in [0.5, 0.6) is 0 Å². The normalized spacial score (nSPS) is 11.7. The number of hydrogen-bond acceptors (Lipinski definition) is 5. The Morgan fingerprint density at radius 2 is 1.92 bits per heavy atom. The van der Waals surface area contributed by atoms with E-state index in [9.17, 15) is 24.5 Å². The van der Waals surface area contributed by atoms with Crippen LogP contribution < -0.4 is 10.6 Å². The van der Waals surface area contributed by atoms with Gasteiger partial charge in [-0.3, -0.25) is 19.7 Å². The zero-order valence-electron chi connectivity index (χ0n) is 14.2. The molecule has 0 aliphatic heterocycles. The van der Waals surface area contributed by atoms with Gasteiger partial charge in [-0.15, -0.1) is 0 Å². The van der Waals surface area contributed by atoms with E-state index in [-0.39, 0.29) is 23.6 Å². The predicted molar refractivity (Wildman–Crippen MR) is 89.2 cm³/mol. The summed E-state index contributed by atoms with van der Waals surface area (Å²) in [5, 5.41) is 24.6. The minimum absolute atomic E-state index is 0.0611. The monoisotopic (exact) mass is 351 g/mol. The molecular formula is C16H21N3O6. The van der Waals surface area contributed by atoms with Crippen LogP contribution in [0.25, 0.3) is 0 Å². The van der Waals surface area contributed by atoms with Gasteiger partial charge in [-0.1, -0.05) is 19.9 Å². The number of aryl methyl sites for hydroxylation is 1. The van der Waals surface area contributed by atoms with Gasteiger partial charge in [0.05, 0.1) is 11.5 Å². The van der Waals surface area contributed by atoms with Crippen molar-refractivity contribution in [1.82, 2.24) is 10.6 Å². The van der Waals surface area contributed by atoms with E-state index in [0.717, 1.165) is 0 Å². The molecule has 3 N–H and O–H groups in total. The van der Waals surface area contributed by atoms with Gasteiger partial charge >= 0.3 is 5.97 Å². The van der Waals surface area contributed by atoms with E-state index >= 15 is 0 Å². The van der Waals surface area contributed by atoms with Crippen molar-refractivity contribution in [3.63, 3.8) is 0 Å². The Bertz CT molecular complexity index is 686. The molecule has 136 valence electrons. The number of carboxylic acids is 1. The standard InChI is InChI=1S/C16H21N3O6/c1-9(2)6-12(16(22)23)18-14(20)8-17-15(21)11-7-10(3)4-5-13(11)19(24)25/h4-5,7,9,12H,6,8H2,1-3H3,(H,17,21)(H,18,20)(H,22,23)/t12-/m0/s1. The number of amides is 2. The van der Waals surface area contributed by atoms with Crippen LogP contribution in [0.3, 0.4) is 0 Å². The summed E-state index contributed by atoms with van der Waals surface area (Å²) in [4.78, 5) is 45.4. The summed E-state index contributed by atoms with van der Waals surface area (Å²) in [6, 6.07) is 3.01. The fourth-order valence-corrected chi connectivity index (χ4v) is 2.18. The highest BCUT2D eigenvalue weighted by atomic mass is 16.6. The Hall–Kier alpha value is -2.97. The third kappa shape index (κ3) is 6.21. The molecule has 9 heteroatoms. The van der Waals surface area contributed by atoms with Gasteiger partial charge in [-0.05, 0) is 30.9 Å². The molecule has 1 atom stereocenters. The molecule has 2 amide bonds. The zero-order chi connectivity index (χ0) is 19.1. The van der Waals surface area contributed by atoms with E-state index in [1.54, 1.807) is 6.92 Å². The Morgan fingerprint density at radius 3 is 2.44 bits per heavy atom. The molecule has 1 aromatic rings. The van der Waals surface area contributed by atoms with E-state index in [2.05, 4.69) is 10.6 Å². The average molecular weight is 351 g/mol. The number of carboxylic acid groups (broad SMARTS) is 1. The van der Waals surface area contributed by atoms with Crippen LogP contribution in [0, 0.1) is 23.0 Å². The lowest BCUT2D eigenvalue weighted by Gasteiger charge is -2.16. The number of carbonyl (C=O) groups is 3.